The number of carbonyl (C=O) groups is 3. The number of nitrogens with one attached hydrogen (secondary N) is 3. The highest BCUT2D eigenvalue weighted by Crippen LogP contribution is 2.56. The average Bonchev–Trinajstić information content (AvgIpc) is 3.51. The number of fused-ring (bicyclic) bond motifs is 4. The molecule has 0 spiro atoms. The number of aliphatic hydroxyl groups is 1. The van der Waals surface area contributed by atoms with E-state index in [1.165, 1.54) is 0 Å². The molecule has 2 aliphatic rings. The molecule has 4 N–H and O–H groups in total. The Hall–Kier alpha value is -3.30. The lowest BCUT2D eigenvalue weighted by molar-refractivity contribution is -0.132. The van der Waals surface area contributed by atoms with Gasteiger partial charge in [-0.25, -0.2) is 0 Å². The number of aliphatic hydroxyl groups excluding tert-OH is 1. The number of hydrogen-bond donors (Lipinski definition) is 4. The summed E-state index contributed by atoms with van der Waals surface area (Å²) in [5.41, 5.74) is 3.38. The van der Waals surface area contributed by atoms with E-state index in [1.807, 2.05) is 76.4 Å². The molecule has 4 atom stereocenters. The summed E-state index contributed by atoms with van der Waals surface area (Å²) >= 11 is 1.59. The molecule has 2 aliphatic heterocycles. The van der Waals surface area contributed by atoms with E-state index in [0.717, 1.165) is 22.0 Å². The zero-order valence-electron chi connectivity index (χ0n) is 22.0. The molecule has 0 bridgehead atoms. The van der Waals surface area contributed by atoms with Crippen LogP contribution in [0.3, 0.4) is 0 Å². The van der Waals surface area contributed by atoms with Gasteiger partial charge in [-0.15, -0.1) is 11.8 Å². The van der Waals surface area contributed by atoms with Crippen LogP contribution >= 0.6 is 11.8 Å². The zero-order valence-corrected chi connectivity index (χ0v) is 22.8. The van der Waals surface area contributed by atoms with E-state index < -0.39 is 22.9 Å². The lowest BCUT2D eigenvalue weighted by Crippen LogP contribution is -2.58. The van der Waals surface area contributed by atoms with Gasteiger partial charge in [0.1, 0.15) is 17.5 Å². The Morgan fingerprint density at radius 1 is 1.11 bits per heavy atom. The van der Waals surface area contributed by atoms with Gasteiger partial charge in [0.05, 0.1) is 12.6 Å². The minimum absolute atomic E-state index is 0.0139. The second kappa shape index (κ2) is 10.1. The first-order valence-corrected chi connectivity index (χ1v) is 13.9. The van der Waals surface area contributed by atoms with Crippen molar-refractivity contribution in [2.75, 3.05) is 6.61 Å². The Bertz CT molecular complexity index is 1380. The quantitative estimate of drug-likeness (QED) is 0.354. The summed E-state index contributed by atoms with van der Waals surface area (Å²) in [4.78, 5) is 45.7. The van der Waals surface area contributed by atoms with Crippen LogP contribution in [0.5, 0.6) is 0 Å². The molecule has 0 saturated carbocycles. The van der Waals surface area contributed by atoms with E-state index in [0.29, 0.717) is 5.56 Å². The van der Waals surface area contributed by atoms with Crippen LogP contribution in [0.15, 0.2) is 54.7 Å². The zero-order chi connectivity index (χ0) is 27.2. The number of H-pyrrole nitrogens is 1. The molecule has 38 heavy (non-hydrogen) atoms. The Balaban J connectivity index is 1.44. The Morgan fingerprint density at radius 3 is 2.55 bits per heavy atom. The number of nitrogens with zero attached hydrogens (tertiary/aromatic N) is 1. The molecule has 2 aromatic carbocycles. The van der Waals surface area contributed by atoms with Crippen molar-refractivity contribution in [1.82, 2.24) is 20.5 Å². The van der Waals surface area contributed by atoms with Crippen LogP contribution in [0, 0.1) is 5.92 Å². The van der Waals surface area contributed by atoms with Gasteiger partial charge in [0, 0.05) is 33.8 Å². The van der Waals surface area contributed by atoms with Gasteiger partial charge in [-0.1, -0.05) is 50.2 Å². The van der Waals surface area contributed by atoms with Gasteiger partial charge in [0.15, 0.2) is 0 Å². The first kappa shape index (κ1) is 26.3. The van der Waals surface area contributed by atoms with Crippen molar-refractivity contribution in [2.45, 2.75) is 62.4 Å². The van der Waals surface area contributed by atoms with Crippen molar-refractivity contribution < 1.29 is 19.5 Å². The van der Waals surface area contributed by atoms with E-state index in [1.54, 1.807) is 22.7 Å². The lowest BCUT2D eigenvalue weighted by atomic mass is 9.98. The van der Waals surface area contributed by atoms with Crippen LogP contribution < -0.4 is 10.6 Å². The molecule has 3 aromatic rings. The fourth-order valence-corrected chi connectivity index (χ4v) is 7.08. The largest absolute Gasteiger partial charge is 0.394 e. The number of aromatic nitrogens is 1. The van der Waals surface area contributed by atoms with Gasteiger partial charge in [-0.2, -0.15) is 0 Å². The average molecular weight is 535 g/mol. The molecule has 0 aliphatic carbocycles. The lowest BCUT2D eigenvalue weighted by Gasteiger charge is -2.31. The molecule has 3 heterocycles. The Morgan fingerprint density at radius 2 is 1.82 bits per heavy atom. The second-order valence-corrected chi connectivity index (χ2v) is 12.7. The molecule has 1 fully saturated rings. The van der Waals surface area contributed by atoms with Crippen molar-refractivity contribution >= 4 is 40.4 Å². The standard InChI is InChI=1S/C29H34N4O4S/c1-16(2)23(15-34)32-25(35)22(13-17-14-30-21-12-8-7-9-18(17)21)31-26(36)24-29(3,4)38-28-20-11-6-5-10-19(20)27(37)33(24)28/h5-12,14,16,22-24,28,30,34H,13,15H2,1-4H3,(H,31,36)(H,32,35)/t22-,23+,24+,28?/m0/s1. The van der Waals surface area contributed by atoms with E-state index in [9.17, 15) is 19.5 Å². The van der Waals surface area contributed by atoms with Gasteiger partial charge >= 0.3 is 0 Å². The minimum atomic E-state index is -0.894. The van der Waals surface area contributed by atoms with Gasteiger partial charge in [-0.05, 0) is 43.0 Å². The van der Waals surface area contributed by atoms with Crippen molar-refractivity contribution in [3.8, 4) is 0 Å². The molecular weight excluding hydrogens is 500 g/mol. The molecule has 5 rings (SSSR count). The van der Waals surface area contributed by atoms with Crippen molar-refractivity contribution in [3.63, 3.8) is 0 Å². The molecule has 1 unspecified atom stereocenters. The normalized spacial score (nSPS) is 21.3. The van der Waals surface area contributed by atoms with Crippen molar-refractivity contribution in [2.24, 2.45) is 5.92 Å². The SMILES string of the molecule is CC(C)[C@@H](CO)NC(=O)[C@H](Cc1c[nH]c2ccccc12)NC(=O)[C@H]1N2C(=O)c3ccccc3C2SC1(C)C. The van der Waals surface area contributed by atoms with Crippen LogP contribution in [0.2, 0.25) is 0 Å². The molecule has 9 heteroatoms. The molecule has 1 saturated heterocycles. The third kappa shape index (κ3) is 4.58. The first-order valence-electron chi connectivity index (χ1n) is 13.0. The smallest absolute Gasteiger partial charge is 0.256 e. The monoisotopic (exact) mass is 534 g/mol. The van der Waals surface area contributed by atoms with E-state index in [2.05, 4.69) is 15.6 Å². The molecule has 1 aromatic heterocycles. The molecule has 200 valence electrons. The summed E-state index contributed by atoms with van der Waals surface area (Å²) < 4.78 is -0.564. The molecule has 3 amide bonds. The number of benzene rings is 2. The van der Waals surface area contributed by atoms with Crippen molar-refractivity contribution in [1.29, 1.82) is 0 Å². The number of thioether (sulfide) groups is 1. The Kier molecular flexibility index (Phi) is 7.00. The maximum Gasteiger partial charge on any atom is 0.256 e. The maximum atomic E-state index is 13.9. The molecule has 8 nitrogen and oxygen atoms in total. The molecular formula is C29H34N4O4S. The van der Waals surface area contributed by atoms with Gasteiger partial charge in [0.2, 0.25) is 11.8 Å². The minimum Gasteiger partial charge on any atom is -0.394 e. The highest BCUT2D eigenvalue weighted by Gasteiger charge is 2.57. The third-order valence-corrected chi connectivity index (χ3v) is 9.14. The summed E-state index contributed by atoms with van der Waals surface area (Å²) in [6.45, 7) is 7.56. The van der Waals surface area contributed by atoms with Crippen molar-refractivity contribution in [3.05, 3.63) is 71.4 Å². The summed E-state index contributed by atoms with van der Waals surface area (Å²) in [7, 11) is 0. The van der Waals surface area contributed by atoms with Crippen LogP contribution in [-0.2, 0) is 16.0 Å². The number of amides is 3. The second-order valence-electron chi connectivity index (χ2n) is 10.9. The van der Waals surface area contributed by atoms with Gasteiger partial charge in [0.25, 0.3) is 5.91 Å². The summed E-state index contributed by atoms with van der Waals surface area (Å²) in [5.74, 6) is -0.884. The van der Waals surface area contributed by atoms with E-state index in [4.69, 9.17) is 0 Å². The fourth-order valence-electron chi connectivity index (χ4n) is 5.49. The summed E-state index contributed by atoms with van der Waals surface area (Å²) in [6.07, 6.45) is 2.12. The molecule has 0 radical (unpaired) electrons. The van der Waals surface area contributed by atoms with Gasteiger partial charge in [-0.3, -0.25) is 14.4 Å². The topological polar surface area (TPSA) is 115 Å². The predicted octanol–water partition coefficient (Wildman–Crippen LogP) is 3.38. The number of hydrogen-bond acceptors (Lipinski definition) is 5. The number of para-hydroxylation sites is 1. The van der Waals surface area contributed by atoms with E-state index >= 15 is 0 Å². The summed E-state index contributed by atoms with van der Waals surface area (Å²) in [6, 6.07) is 13.2. The first-order chi connectivity index (χ1) is 18.1. The van der Waals surface area contributed by atoms with Crippen LogP contribution in [0.1, 0.15) is 54.6 Å². The highest BCUT2D eigenvalue weighted by atomic mass is 32.2. The maximum absolute atomic E-state index is 13.9. The number of carbonyl (C=O) groups excluding carboxylic acids is 3. The third-order valence-electron chi connectivity index (χ3n) is 7.61. The number of aromatic amines is 1. The van der Waals surface area contributed by atoms with E-state index in [-0.39, 0.29) is 42.0 Å². The van der Waals surface area contributed by atoms with Gasteiger partial charge < -0.3 is 25.6 Å². The van der Waals surface area contributed by atoms with Crippen LogP contribution in [-0.4, -0.2) is 62.2 Å². The fraction of sp³-hybridized carbons (Fsp3) is 0.414. The van der Waals surface area contributed by atoms with Crippen LogP contribution in [0.25, 0.3) is 10.9 Å². The van der Waals surface area contributed by atoms with Crippen LogP contribution in [0.4, 0.5) is 0 Å². The highest BCUT2D eigenvalue weighted by molar-refractivity contribution is 8.01. The number of rotatable bonds is 8. The predicted molar refractivity (Wildman–Crippen MR) is 149 cm³/mol. The summed E-state index contributed by atoms with van der Waals surface area (Å²) in [5, 5.41) is 16.4. The Labute approximate surface area is 226 Å².